The zero-order chi connectivity index (χ0) is 14.0. The molecule has 0 fully saturated rings. The molecule has 0 aliphatic carbocycles. The van der Waals surface area contributed by atoms with Gasteiger partial charge < -0.3 is 9.97 Å². The van der Waals surface area contributed by atoms with E-state index in [1.54, 1.807) is 0 Å². The van der Waals surface area contributed by atoms with E-state index in [4.69, 9.17) is 0 Å². The Labute approximate surface area is 128 Å². The van der Waals surface area contributed by atoms with Crippen molar-refractivity contribution in [3.05, 3.63) is 59.1 Å². The van der Waals surface area contributed by atoms with Crippen LogP contribution in [0.2, 0.25) is 0 Å². The number of aromatic amines is 2. The summed E-state index contributed by atoms with van der Waals surface area (Å²) in [5.74, 6) is 0. The van der Waals surface area contributed by atoms with Crippen molar-refractivity contribution in [1.29, 1.82) is 0 Å². The first-order chi connectivity index (χ1) is 10.3. The van der Waals surface area contributed by atoms with Gasteiger partial charge in [-0.25, -0.2) is 0 Å². The summed E-state index contributed by atoms with van der Waals surface area (Å²) in [6.07, 6.45) is 0. The number of fused-ring (bicyclic) bond motifs is 7. The Balaban J connectivity index is 2.06. The average molecular weight is 335 g/mol. The Bertz CT molecular complexity index is 1150. The van der Waals surface area contributed by atoms with Crippen molar-refractivity contribution in [3.8, 4) is 0 Å². The van der Waals surface area contributed by atoms with Crippen LogP contribution in [0.15, 0.2) is 59.1 Å². The summed E-state index contributed by atoms with van der Waals surface area (Å²) in [6.45, 7) is 0. The maximum absolute atomic E-state index is 3.56. The fourth-order valence-corrected chi connectivity index (χ4v) is 3.62. The molecule has 0 bridgehead atoms. The minimum Gasteiger partial charge on any atom is -0.353 e. The van der Waals surface area contributed by atoms with E-state index < -0.39 is 0 Å². The van der Waals surface area contributed by atoms with Crippen LogP contribution >= 0.6 is 15.9 Å². The highest BCUT2D eigenvalue weighted by atomic mass is 79.9. The second-order valence-electron chi connectivity index (χ2n) is 5.40. The van der Waals surface area contributed by atoms with E-state index in [0.29, 0.717) is 0 Å². The second-order valence-corrected chi connectivity index (χ2v) is 6.31. The monoisotopic (exact) mass is 334 g/mol. The number of rotatable bonds is 0. The lowest BCUT2D eigenvalue weighted by atomic mass is 10.1. The van der Waals surface area contributed by atoms with E-state index in [1.165, 1.54) is 43.6 Å². The minimum atomic E-state index is 1.10. The molecule has 0 saturated heterocycles. The van der Waals surface area contributed by atoms with Crippen LogP contribution in [0.25, 0.3) is 43.6 Å². The summed E-state index contributed by atoms with van der Waals surface area (Å²) in [4.78, 5) is 7.11. The third kappa shape index (κ3) is 1.47. The molecular weight excluding hydrogens is 324 g/mol. The molecule has 0 radical (unpaired) electrons. The normalized spacial score (nSPS) is 12.0. The average Bonchev–Trinajstić information content (AvgIpc) is 3.05. The van der Waals surface area contributed by atoms with Crippen LogP contribution in [0.1, 0.15) is 0 Å². The van der Waals surface area contributed by atoms with Crippen molar-refractivity contribution in [2.24, 2.45) is 0 Å². The minimum absolute atomic E-state index is 1.10. The first-order valence-corrected chi connectivity index (χ1v) is 7.71. The van der Waals surface area contributed by atoms with Crippen molar-refractivity contribution in [2.75, 3.05) is 0 Å². The second kappa shape index (κ2) is 3.89. The van der Waals surface area contributed by atoms with E-state index in [-0.39, 0.29) is 0 Å². The van der Waals surface area contributed by atoms with Crippen LogP contribution in [-0.4, -0.2) is 9.97 Å². The molecular formula is C18H11BrN2. The lowest BCUT2D eigenvalue weighted by Crippen LogP contribution is -1.72. The Morgan fingerprint density at radius 1 is 0.619 bits per heavy atom. The van der Waals surface area contributed by atoms with Crippen molar-refractivity contribution < 1.29 is 0 Å². The van der Waals surface area contributed by atoms with E-state index in [9.17, 15) is 0 Å². The number of hydrogen-bond acceptors (Lipinski definition) is 0. The van der Waals surface area contributed by atoms with E-state index in [1.807, 2.05) is 0 Å². The molecule has 3 heteroatoms. The van der Waals surface area contributed by atoms with Crippen LogP contribution in [0.4, 0.5) is 0 Å². The zero-order valence-corrected chi connectivity index (χ0v) is 12.7. The molecule has 0 aliphatic heterocycles. The van der Waals surface area contributed by atoms with Gasteiger partial charge in [-0.3, -0.25) is 0 Å². The third-order valence-electron chi connectivity index (χ3n) is 4.21. The topological polar surface area (TPSA) is 31.6 Å². The van der Waals surface area contributed by atoms with Crippen LogP contribution in [-0.2, 0) is 0 Å². The highest BCUT2D eigenvalue weighted by molar-refractivity contribution is 9.10. The molecule has 5 rings (SSSR count). The molecule has 0 aliphatic rings. The predicted octanol–water partition coefficient (Wildman–Crippen LogP) is 5.72. The van der Waals surface area contributed by atoms with Gasteiger partial charge in [0.25, 0.3) is 0 Å². The Morgan fingerprint density at radius 2 is 1.29 bits per heavy atom. The fraction of sp³-hybridized carbons (Fsp3) is 0. The van der Waals surface area contributed by atoms with Gasteiger partial charge in [-0.1, -0.05) is 46.3 Å². The molecule has 5 aromatic rings. The molecule has 100 valence electrons. The van der Waals surface area contributed by atoms with Crippen LogP contribution in [0.3, 0.4) is 0 Å². The number of H-pyrrole nitrogens is 2. The van der Waals surface area contributed by atoms with Gasteiger partial charge in [0.2, 0.25) is 0 Å². The molecule has 2 nitrogen and oxygen atoms in total. The molecule has 0 atom stereocenters. The summed E-state index contributed by atoms with van der Waals surface area (Å²) in [5.41, 5.74) is 4.71. The summed E-state index contributed by atoms with van der Waals surface area (Å²) in [7, 11) is 0. The van der Waals surface area contributed by atoms with Gasteiger partial charge in [0.1, 0.15) is 0 Å². The van der Waals surface area contributed by atoms with Crippen LogP contribution in [0, 0.1) is 0 Å². The quantitative estimate of drug-likeness (QED) is 0.363. The summed E-state index contributed by atoms with van der Waals surface area (Å²) >= 11 is 3.56. The molecule has 0 saturated carbocycles. The number of aromatic nitrogens is 2. The molecule has 0 spiro atoms. The summed E-state index contributed by atoms with van der Waals surface area (Å²) < 4.78 is 1.10. The first kappa shape index (κ1) is 11.4. The van der Waals surface area contributed by atoms with Gasteiger partial charge in [-0.2, -0.15) is 0 Å². The Kier molecular flexibility index (Phi) is 2.11. The SMILES string of the molecule is Brc1ccc2[nH]c3c(ccc4c5ccccc5[nH]c43)c2c1. The molecule has 0 unspecified atom stereocenters. The number of benzene rings is 3. The lowest BCUT2D eigenvalue weighted by molar-refractivity contribution is 1.51. The number of halogens is 1. The van der Waals surface area contributed by atoms with Gasteiger partial charge in [-0.05, 0) is 24.3 Å². The van der Waals surface area contributed by atoms with E-state index in [0.717, 1.165) is 4.47 Å². The maximum Gasteiger partial charge on any atom is 0.0710 e. The van der Waals surface area contributed by atoms with Gasteiger partial charge in [0, 0.05) is 37.1 Å². The van der Waals surface area contributed by atoms with E-state index in [2.05, 4.69) is 80.5 Å². The highest BCUT2D eigenvalue weighted by Crippen LogP contribution is 2.35. The first-order valence-electron chi connectivity index (χ1n) is 6.92. The molecule has 2 aromatic heterocycles. The molecule has 0 amide bonds. The molecule has 3 aromatic carbocycles. The Morgan fingerprint density at radius 3 is 2.10 bits per heavy atom. The summed E-state index contributed by atoms with van der Waals surface area (Å²) in [5, 5.41) is 5.04. The van der Waals surface area contributed by atoms with Crippen molar-refractivity contribution in [1.82, 2.24) is 9.97 Å². The number of nitrogens with one attached hydrogen (secondary N) is 2. The van der Waals surface area contributed by atoms with Crippen molar-refractivity contribution in [3.63, 3.8) is 0 Å². The smallest absolute Gasteiger partial charge is 0.0710 e. The van der Waals surface area contributed by atoms with Gasteiger partial charge >= 0.3 is 0 Å². The standard InChI is InChI=1S/C18H11BrN2/c19-10-5-8-16-14(9-10)13-7-6-12-11-3-1-2-4-15(11)20-17(12)18(13)21-16/h1-9,20-21H. The Hall–Kier alpha value is -2.26. The number of hydrogen-bond donors (Lipinski definition) is 2. The largest absolute Gasteiger partial charge is 0.353 e. The van der Waals surface area contributed by atoms with E-state index >= 15 is 0 Å². The van der Waals surface area contributed by atoms with Crippen LogP contribution in [0.5, 0.6) is 0 Å². The van der Waals surface area contributed by atoms with Crippen LogP contribution < -0.4 is 0 Å². The van der Waals surface area contributed by atoms with Gasteiger partial charge in [-0.15, -0.1) is 0 Å². The molecule has 21 heavy (non-hydrogen) atoms. The summed E-state index contributed by atoms with van der Waals surface area (Å²) in [6, 6.07) is 19.2. The number of para-hydroxylation sites is 1. The van der Waals surface area contributed by atoms with Crippen molar-refractivity contribution >= 4 is 59.5 Å². The van der Waals surface area contributed by atoms with Gasteiger partial charge in [0.05, 0.1) is 11.0 Å². The predicted molar refractivity (Wildman–Crippen MR) is 92.9 cm³/mol. The zero-order valence-electron chi connectivity index (χ0n) is 11.1. The third-order valence-corrected chi connectivity index (χ3v) is 4.71. The molecule has 2 N–H and O–H groups in total. The lowest BCUT2D eigenvalue weighted by Gasteiger charge is -1.94. The maximum atomic E-state index is 3.56. The fourth-order valence-electron chi connectivity index (χ4n) is 3.26. The molecule has 2 heterocycles. The van der Waals surface area contributed by atoms with Gasteiger partial charge in [0.15, 0.2) is 0 Å². The van der Waals surface area contributed by atoms with Crippen molar-refractivity contribution in [2.45, 2.75) is 0 Å². The highest BCUT2D eigenvalue weighted by Gasteiger charge is 2.11.